The Bertz CT molecular complexity index is 777. The van der Waals surface area contributed by atoms with Gasteiger partial charge < -0.3 is 4.98 Å². The van der Waals surface area contributed by atoms with Gasteiger partial charge >= 0.3 is 0 Å². The molecule has 0 amide bonds. The van der Waals surface area contributed by atoms with Crippen LogP contribution in [0.3, 0.4) is 0 Å². The molecule has 0 aliphatic rings. The Kier molecular flexibility index (Phi) is 2.16. The molecule has 3 aromatic rings. The third-order valence-electron chi connectivity index (χ3n) is 2.69. The lowest BCUT2D eigenvalue weighted by Crippen LogP contribution is -2.12. The van der Waals surface area contributed by atoms with Crippen molar-refractivity contribution in [3.05, 3.63) is 46.1 Å². The first kappa shape index (κ1) is 10.3. The second kappa shape index (κ2) is 3.56. The molecule has 0 bridgehead atoms. The van der Waals surface area contributed by atoms with Gasteiger partial charge in [-0.2, -0.15) is 5.10 Å². The average Bonchev–Trinajstić information content (AvgIpc) is 2.81. The van der Waals surface area contributed by atoms with E-state index < -0.39 is 5.82 Å². The third-order valence-corrected chi connectivity index (χ3v) is 2.97. The highest BCUT2D eigenvalue weighted by molar-refractivity contribution is 6.17. The van der Waals surface area contributed by atoms with E-state index in [1.807, 2.05) is 0 Å². The molecule has 0 unspecified atom stereocenters. The van der Waals surface area contributed by atoms with Crippen LogP contribution in [0, 0.1) is 5.82 Å². The first-order chi connectivity index (χ1) is 8.22. The lowest BCUT2D eigenvalue weighted by molar-refractivity contribution is 0.625. The van der Waals surface area contributed by atoms with E-state index in [4.69, 9.17) is 11.6 Å². The van der Waals surface area contributed by atoms with E-state index in [0.29, 0.717) is 16.6 Å². The third kappa shape index (κ3) is 1.36. The molecule has 0 spiro atoms. The van der Waals surface area contributed by atoms with Crippen molar-refractivity contribution in [2.45, 2.75) is 5.88 Å². The number of halogens is 2. The zero-order valence-corrected chi connectivity index (χ0v) is 9.33. The summed E-state index contributed by atoms with van der Waals surface area (Å²) in [6.07, 6.45) is 1.50. The molecule has 6 heteroatoms. The summed E-state index contributed by atoms with van der Waals surface area (Å²) in [6, 6.07) is 4.85. The molecule has 0 radical (unpaired) electrons. The number of aromatic amines is 1. The van der Waals surface area contributed by atoms with Crippen LogP contribution in [-0.2, 0) is 5.88 Å². The molecule has 0 saturated carbocycles. The number of nitrogens with one attached hydrogen (secondary N) is 1. The fourth-order valence-corrected chi connectivity index (χ4v) is 2.06. The van der Waals surface area contributed by atoms with Gasteiger partial charge in [0.15, 0.2) is 5.82 Å². The normalized spacial score (nSPS) is 11.4. The van der Waals surface area contributed by atoms with Gasteiger partial charge in [-0.25, -0.2) is 8.91 Å². The zero-order chi connectivity index (χ0) is 12.0. The Morgan fingerprint density at radius 3 is 2.94 bits per heavy atom. The lowest BCUT2D eigenvalue weighted by atomic mass is 10.2. The molecule has 2 heterocycles. The Morgan fingerprint density at radius 1 is 1.35 bits per heavy atom. The molecule has 17 heavy (non-hydrogen) atoms. The Hall–Kier alpha value is -1.88. The van der Waals surface area contributed by atoms with Crippen LogP contribution in [0.15, 0.2) is 29.2 Å². The van der Waals surface area contributed by atoms with E-state index >= 15 is 0 Å². The minimum absolute atomic E-state index is 0.0565. The van der Waals surface area contributed by atoms with Gasteiger partial charge in [-0.05, 0) is 12.1 Å². The standard InChI is InChI=1S/C11H7ClFN3O/c12-5-6-1-2-7-10(9(6)13)15-11(17)8-3-4-14-16(7)8/h1-4H,5H2,(H,15,17). The second-order valence-electron chi connectivity index (χ2n) is 3.65. The highest BCUT2D eigenvalue weighted by Gasteiger charge is 2.11. The summed E-state index contributed by atoms with van der Waals surface area (Å²) in [5.41, 5.74) is 0.998. The van der Waals surface area contributed by atoms with E-state index in [-0.39, 0.29) is 17.0 Å². The van der Waals surface area contributed by atoms with E-state index in [1.54, 1.807) is 18.2 Å². The topological polar surface area (TPSA) is 50.2 Å². The van der Waals surface area contributed by atoms with Crippen LogP contribution >= 0.6 is 11.6 Å². The van der Waals surface area contributed by atoms with Crippen LogP contribution in [0.1, 0.15) is 5.56 Å². The van der Waals surface area contributed by atoms with Crippen molar-refractivity contribution in [1.29, 1.82) is 0 Å². The minimum atomic E-state index is -0.507. The molecule has 0 fully saturated rings. The maximum absolute atomic E-state index is 14.0. The van der Waals surface area contributed by atoms with Crippen molar-refractivity contribution < 1.29 is 4.39 Å². The first-order valence-corrected chi connectivity index (χ1v) is 5.49. The molecule has 1 N–H and O–H groups in total. The van der Waals surface area contributed by atoms with Crippen LogP contribution in [0.4, 0.5) is 4.39 Å². The van der Waals surface area contributed by atoms with Crippen LogP contribution in [0.5, 0.6) is 0 Å². The van der Waals surface area contributed by atoms with Gasteiger partial charge in [-0.3, -0.25) is 4.79 Å². The van der Waals surface area contributed by atoms with Crippen LogP contribution < -0.4 is 5.56 Å². The minimum Gasteiger partial charge on any atom is -0.316 e. The van der Waals surface area contributed by atoms with Gasteiger partial charge in [0.2, 0.25) is 0 Å². The van der Waals surface area contributed by atoms with Gasteiger partial charge in [0.25, 0.3) is 5.56 Å². The fourth-order valence-electron chi connectivity index (χ4n) is 1.85. The number of benzene rings is 1. The van der Waals surface area contributed by atoms with Gasteiger partial charge in [-0.15, -0.1) is 11.6 Å². The SMILES string of the molecule is O=c1[nH]c2c(F)c(CCl)ccc2n2nccc12. The summed E-state index contributed by atoms with van der Waals surface area (Å²) in [6.45, 7) is 0. The average molecular weight is 252 g/mol. The molecule has 0 aliphatic carbocycles. The summed E-state index contributed by atoms with van der Waals surface area (Å²) in [5.74, 6) is -0.451. The van der Waals surface area contributed by atoms with Gasteiger partial charge in [-0.1, -0.05) is 6.07 Å². The molecule has 1 aromatic carbocycles. The van der Waals surface area contributed by atoms with Crippen molar-refractivity contribution in [3.8, 4) is 0 Å². The number of hydrogen-bond acceptors (Lipinski definition) is 2. The molecule has 3 rings (SSSR count). The van der Waals surface area contributed by atoms with Crippen LogP contribution in [-0.4, -0.2) is 14.6 Å². The smallest absolute Gasteiger partial charge is 0.274 e. The number of fused-ring (bicyclic) bond motifs is 3. The van der Waals surface area contributed by atoms with Crippen molar-refractivity contribution >= 4 is 28.2 Å². The number of H-pyrrole nitrogens is 1. The largest absolute Gasteiger partial charge is 0.316 e. The number of alkyl halides is 1. The summed E-state index contributed by atoms with van der Waals surface area (Å²) in [5, 5.41) is 4.00. The van der Waals surface area contributed by atoms with Gasteiger partial charge in [0.05, 0.1) is 17.6 Å². The van der Waals surface area contributed by atoms with E-state index in [1.165, 1.54) is 10.7 Å². The summed E-state index contributed by atoms with van der Waals surface area (Å²) < 4.78 is 15.4. The monoisotopic (exact) mass is 251 g/mol. The molecule has 86 valence electrons. The quantitative estimate of drug-likeness (QED) is 0.673. The summed E-state index contributed by atoms with van der Waals surface area (Å²) >= 11 is 5.62. The number of rotatable bonds is 1. The Morgan fingerprint density at radius 2 is 2.18 bits per heavy atom. The Labute approximate surface area is 99.6 Å². The zero-order valence-electron chi connectivity index (χ0n) is 8.58. The molecule has 0 atom stereocenters. The lowest BCUT2D eigenvalue weighted by Gasteiger charge is -2.05. The number of hydrogen-bond donors (Lipinski definition) is 1. The van der Waals surface area contributed by atoms with Crippen LogP contribution in [0.25, 0.3) is 16.6 Å². The van der Waals surface area contributed by atoms with Crippen molar-refractivity contribution in [2.24, 2.45) is 0 Å². The maximum Gasteiger partial charge on any atom is 0.274 e. The molecular weight excluding hydrogens is 245 g/mol. The molecule has 0 aliphatic heterocycles. The van der Waals surface area contributed by atoms with E-state index in [2.05, 4.69) is 10.1 Å². The number of aromatic nitrogens is 3. The van der Waals surface area contributed by atoms with Crippen molar-refractivity contribution in [2.75, 3.05) is 0 Å². The highest BCUT2D eigenvalue weighted by atomic mass is 35.5. The van der Waals surface area contributed by atoms with Crippen LogP contribution in [0.2, 0.25) is 0 Å². The van der Waals surface area contributed by atoms with Crippen molar-refractivity contribution in [1.82, 2.24) is 14.6 Å². The second-order valence-corrected chi connectivity index (χ2v) is 3.92. The van der Waals surface area contributed by atoms with Gasteiger partial charge in [0.1, 0.15) is 11.0 Å². The summed E-state index contributed by atoms with van der Waals surface area (Å²) in [4.78, 5) is 14.2. The van der Waals surface area contributed by atoms with E-state index in [9.17, 15) is 9.18 Å². The van der Waals surface area contributed by atoms with Gasteiger partial charge in [0, 0.05) is 5.56 Å². The predicted octanol–water partition coefficient (Wildman–Crippen LogP) is 2.05. The molecule has 0 saturated heterocycles. The molecular formula is C11H7ClFN3O. The highest BCUT2D eigenvalue weighted by Crippen LogP contribution is 2.19. The number of nitrogens with zero attached hydrogens (tertiary/aromatic N) is 2. The Balaban J connectivity index is 2.58. The first-order valence-electron chi connectivity index (χ1n) is 4.95. The predicted molar refractivity (Wildman–Crippen MR) is 62.8 cm³/mol. The maximum atomic E-state index is 14.0. The molecule has 4 nitrogen and oxygen atoms in total. The van der Waals surface area contributed by atoms with E-state index in [0.717, 1.165) is 0 Å². The van der Waals surface area contributed by atoms with Crippen molar-refractivity contribution in [3.63, 3.8) is 0 Å². The molecule has 2 aromatic heterocycles. The summed E-state index contributed by atoms with van der Waals surface area (Å²) in [7, 11) is 0. The fraction of sp³-hybridized carbons (Fsp3) is 0.0909.